The van der Waals surface area contributed by atoms with Crippen LogP contribution >= 0.6 is 0 Å². The molecule has 0 aliphatic carbocycles. The molecule has 24 heavy (non-hydrogen) atoms. The molecule has 0 N–H and O–H groups in total. The highest BCUT2D eigenvalue weighted by molar-refractivity contribution is 5.93. The highest BCUT2D eigenvalue weighted by Gasteiger charge is 2.28. The fraction of sp³-hybridized carbons (Fsp3) is 0.667. The summed E-state index contributed by atoms with van der Waals surface area (Å²) in [6.45, 7) is 2.87. The minimum atomic E-state index is -0.391. The van der Waals surface area contributed by atoms with Gasteiger partial charge < -0.3 is 9.47 Å². The Balaban J connectivity index is 1.67. The molecule has 2 fully saturated rings. The van der Waals surface area contributed by atoms with Gasteiger partial charge in [-0.1, -0.05) is 0 Å². The van der Waals surface area contributed by atoms with Crippen LogP contribution < -0.4 is 4.90 Å². The maximum absolute atomic E-state index is 13.2. The van der Waals surface area contributed by atoms with Crippen molar-refractivity contribution in [2.45, 2.75) is 44.6 Å². The van der Waals surface area contributed by atoms with Crippen LogP contribution in [-0.2, 0) is 14.3 Å². The van der Waals surface area contributed by atoms with Gasteiger partial charge in [-0.15, -0.1) is 0 Å². The Kier molecular flexibility index (Phi) is 6.15. The molecule has 2 saturated heterocycles. The van der Waals surface area contributed by atoms with Gasteiger partial charge >= 0.3 is 0 Å². The lowest BCUT2D eigenvalue weighted by Crippen LogP contribution is -2.44. The van der Waals surface area contributed by atoms with Crippen molar-refractivity contribution >= 4 is 11.7 Å². The van der Waals surface area contributed by atoms with Crippen LogP contribution in [0.25, 0.3) is 0 Å². The summed E-state index contributed by atoms with van der Waals surface area (Å²) in [4.78, 5) is 18.8. The molecular formula is C18H25FN2O3. The van der Waals surface area contributed by atoms with Gasteiger partial charge in [-0.2, -0.15) is 0 Å². The molecule has 132 valence electrons. The number of hydrogen-bond donors (Lipinski definition) is 0. The SMILES string of the molecule is O=C(CC[C@H]1CCCOC1)N(c1ccc(F)cn1)C1CCOCC1. The van der Waals surface area contributed by atoms with Crippen LogP contribution in [0.2, 0.25) is 0 Å². The number of ether oxygens (including phenoxy) is 2. The molecule has 3 heterocycles. The molecule has 6 heteroatoms. The van der Waals surface area contributed by atoms with E-state index >= 15 is 0 Å². The Morgan fingerprint density at radius 2 is 2.04 bits per heavy atom. The number of rotatable bonds is 5. The van der Waals surface area contributed by atoms with Crippen LogP contribution in [0.1, 0.15) is 38.5 Å². The van der Waals surface area contributed by atoms with E-state index in [0.29, 0.717) is 31.4 Å². The van der Waals surface area contributed by atoms with Gasteiger partial charge in [0.15, 0.2) is 0 Å². The molecule has 3 rings (SSSR count). The quantitative estimate of drug-likeness (QED) is 0.829. The molecule has 0 radical (unpaired) electrons. The van der Waals surface area contributed by atoms with E-state index < -0.39 is 5.82 Å². The molecule has 2 aliphatic heterocycles. The van der Waals surface area contributed by atoms with Crippen LogP contribution in [0.15, 0.2) is 18.3 Å². The van der Waals surface area contributed by atoms with E-state index in [4.69, 9.17) is 9.47 Å². The number of aromatic nitrogens is 1. The van der Waals surface area contributed by atoms with Crippen LogP contribution in [-0.4, -0.2) is 43.4 Å². The average Bonchev–Trinajstić information content (AvgIpc) is 2.64. The summed E-state index contributed by atoms with van der Waals surface area (Å²) in [6.07, 6.45) is 6.25. The second kappa shape index (κ2) is 8.53. The number of hydrogen-bond acceptors (Lipinski definition) is 4. The van der Waals surface area contributed by atoms with Gasteiger partial charge in [0.2, 0.25) is 5.91 Å². The summed E-state index contributed by atoms with van der Waals surface area (Å²) < 4.78 is 24.1. The monoisotopic (exact) mass is 336 g/mol. The zero-order valence-corrected chi connectivity index (χ0v) is 14.0. The summed E-state index contributed by atoms with van der Waals surface area (Å²) in [5, 5.41) is 0. The Bertz CT molecular complexity index is 526. The standard InChI is InChI=1S/C18H25FN2O3/c19-15-4-5-17(20-12-15)21(16-7-10-23-11-8-16)18(22)6-3-14-2-1-9-24-13-14/h4-5,12,14,16H,1-3,6-11,13H2/t14-/m1/s1. The number of anilines is 1. The minimum absolute atomic E-state index is 0.0616. The normalized spacial score (nSPS) is 22.3. The fourth-order valence-corrected chi connectivity index (χ4v) is 3.46. The highest BCUT2D eigenvalue weighted by Crippen LogP contribution is 2.25. The predicted molar refractivity (Wildman–Crippen MR) is 88.3 cm³/mol. The second-order valence-electron chi connectivity index (χ2n) is 6.56. The smallest absolute Gasteiger partial charge is 0.228 e. The lowest BCUT2D eigenvalue weighted by molar-refractivity contribution is -0.120. The number of halogens is 1. The molecule has 1 amide bonds. The molecule has 0 aromatic carbocycles. The van der Waals surface area contributed by atoms with Crippen molar-refractivity contribution < 1.29 is 18.7 Å². The average molecular weight is 336 g/mol. The van der Waals surface area contributed by atoms with Crippen molar-refractivity contribution in [1.29, 1.82) is 0 Å². The van der Waals surface area contributed by atoms with Gasteiger partial charge in [0.1, 0.15) is 11.6 Å². The first-order valence-electron chi connectivity index (χ1n) is 8.83. The van der Waals surface area contributed by atoms with Gasteiger partial charge in [-0.25, -0.2) is 9.37 Å². The molecule has 1 aromatic heterocycles. The van der Waals surface area contributed by atoms with Crippen molar-refractivity contribution in [1.82, 2.24) is 4.98 Å². The van der Waals surface area contributed by atoms with E-state index in [-0.39, 0.29) is 11.9 Å². The lowest BCUT2D eigenvalue weighted by atomic mass is 9.96. The van der Waals surface area contributed by atoms with E-state index in [9.17, 15) is 9.18 Å². The number of amides is 1. The summed E-state index contributed by atoms with van der Waals surface area (Å²) in [6, 6.07) is 3.02. The maximum atomic E-state index is 13.2. The number of nitrogens with zero attached hydrogens (tertiary/aromatic N) is 2. The molecule has 1 aromatic rings. The summed E-state index contributed by atoms with van der Waals surface area (Å²) in [7, 11) is 0. The third-order valence-corrected chi connectivity index (χ3v) is 4.80. The summed E-state index contributed by atoms with van der Waals surface area (Å²) in [5.41, 5.74) is 0. The summed E-state index contributed by atoms with van der Waals surface area (Å²) >= 11 is 0. The molecule has 2 aliphatic rings. The zero-order chi connectivity index (χ0) is 16.8. The van der Waals surface area contributed by atoms with Crippen molar-refractivity contribution in [2.24, 2.45) is 5.92 Å². The molecule has 5 nitrogen and oxygen atoms in total. The lowest BCUT2D eigenvalue weighted by Gasteiger charge is -2.34. The molecule has 1 atom stereocenters. The first-order chi connectivity index (χ1) is 11.7. The van der Waals surface area contributed by atoms with Crippen LogP contribution in [0.3, 0.4) is 0 Å². The Morgan fingerprint density at radius 3 is 2.71 bits per heavy atom. The van der Waals surface area contributed by atoms with Crippen LogP contribution in [0.4, 0.5) is 10.2 Å². The predicted octanol–water partition coefficient (Wildman–Crippen LogP) is 2.94. The number of pyridine rings is 1. The van der Waals surface area contributed by atoms with Crippen molar-refractivity contribution in [3.8, 4) is 0 Å². The second-order valence-corrected chi connectivity index (χ2v) is 6.56. The molecule has 0 unspecified atom stereocenters. The van der Waals surface area contributed by atoms with E-state index in [1.54, 1.807) is 11.0 Å². The zero-order valence-electron chi connectivity index (χ0n) is 14.0. The van der Waals surface area contributed by atoms with Crippen molar-refractivity contribution in [2.75, 3.05) is 31.3 Å². The third kappa shape index (κ3) is 4.51. The Labute approximate surface area is 142 Å². The first kappa shape index (κ1) is 17.3. The van der Waals surface area contributed by atoms with Gasteiger partial charge in [0.05, 0.1) is 6.20 Å². The Hall–Kier alpha value is -1.53. The minimum Gasteiger partial charge on any atom is -0.381 e. The van der Waals surface area contributed by atoms with Gasteiger partial charge in [0, 0.05) is 38.9 Å². The maximum Gasteiger partial charge on any atom is 0.228 e. The summed E-state index contributed by atoms with van der Waals surface area (Å²) in [5.74, 6) is 0.665. The fourth-order valence-electron chi connectivity index (χ4n) is 3.46. The van der Waals surface area contributed by atoms with Crippen LogP contribution in [0, 0.1) is 11.7 Å². The van der Waals surface area contributed by atoms with E-state index in [1.807, 2.05) is 0 Å². The van der Waals surface area contributed by atoms with Crippen molar-refractivity contribution in [3.63, 3.8) is 0 Å². The van der Waals surface area contributed by atoms with Gasteiger partial charge in [0.25, 0.3) is 0 Å². The largest absolute Gasteiger partial charge is 0.381 e. The van der Waals surface area contributed by atoms with Crippen LogP contribution in [0.5, 0.6) is 0 Å². The molecule has 0 spiro atoms. The first-order valence-corrected chi connectivity index (χ1v) is 8.83. The van der Waals surface area contributed by atoms with Gasteiger partial charge in [-0.05, 0) is 50.2 Å². The highest BCUT2D eigenvalue weighted by atomic mass is 19.1. The number of carbonyl (C=O) groups excluding carboxylic acids is 1. The molecular weight excluding hydrogens is 311 g/mol. The van der Waals surface area contributed by atoms with Gasteiger partial charge in [-0.3, -0.25) is 9.69 Å². The molecule has 0 saturated carbocycles. The number of carbonyl (C=O) groups is 1. The van der Waals surface area contributed by atoms with Crippen molar-refractivity contribution in [3.05, 3.63) is 24.1 Å². The van der Waals surface area contributed by atoms with E-state index in [2.05, 4.69) is 4.98 Å². The topological polar surface area (TPSA) is 51.7 Å². The Morgan fingerprint density at radius 1 is 1.21 bits per heavy atom. The third-order valence-electron chi connectivity index (χ3n) is 4.80. The van der Waals surface area contributed by atoms with E-state index in [0.717, 1.165) is 45.3 Å². The molecule has 0 bridgehead atoms. The van der Waals surface area contributed by atoms with E-state index in [1.165, 1.54) is 12.3 Å².